The van der Waals surface area contributed by atoms with Crippen LogP contribution in [0.2, 0.25) is 0 Å². The molecule has 0 unspecified atom stereocenters. The largest absolute Gasteiger partial charge is 0.374 e. The summed E-state index contributed by atoms with van der Waals surface area (Å²) in [6.45, 7) is 5.72. The number of hydrogen-bond donors (Lipinski definition) is 1. The van der Waals surface area contributed by atoms with Gasteiger partial charge in [0.2, 0.25) is 0 Å². The van der Waals surface area contributed by atoms with Crippen molar-refractivity contribution in [2.75, 3.05) is 26.2 Å². The van der Waals surface area contributed by atoms with E-state index in [4.69, 9.17) is 4.74 Å². The summed E-state index contributed by atoms with van der Waals surface area (Å²) in [6, 6.07) is 4.09. The molecule has 0 amide bonds. The monoisotopic (exact) mass is 350 g/mol. The highest BCUT2D eigenvalue weighted by Crippen LogP contribution is 2.28. The highest BCUT2D eigenvalue weighted by atomic mass is 19.2. The van der Waals surface area contributed by atoms with Gasteiger partial charge in [-0.15, -0.1) is 0 Å². The van der Waals surface area contributed by atoms with Gasteiger partial charge in [0.25, 0.3) is 0 Å². The van der Waals surface area contributed by atoms with E-state index in [0.29, 0.717) is 25.3 Å². The van der Waals surface area contributed by atoms with Crippen LogP contribution in [0.4, 0.5) is 8.78 Å². The van der Waals surface area contributed by atoms with E-state index in [9.17, 15) is 8.78 Å². The molecular weight excluding hydrogens is 326 g/mol. The molecule has 0 bridgehead atoms. The highest BCUT2D eigenvalue weighted by Gasteiger charge is 2.33. The lowest BCUT2D eigenvalue weighted by molar-refractivity contribution is -0.0695. The summed E-state index contributed by atoms with van der Waals surface area (Å²) in [4.78, 5) is 2.38. The number of morpholine rings is 1. The summed E-state index contributed by atoms with van der Waals surface area (Å²) in [6.07, 6.45) is 3.87. The molecule has 1 aromatic heterocycles. The van der Waals surface area contributed by atoms with E-state index in [1.54, 1.807) is 10.7 Å². The van der Waals surface area contributed by atoms with Crippen molar-refractivity contribution in [3.05, 3.63) is 53.4 Å². The zero-order valence-corrected chi connectivity index (χ0v) is 14.6. The predicted octanol–water partition coefficient (Wildman–Crippen LogP) is 2.25. The molecule has 1 N–H and O–H groups in total. The topological polar surface area (TPSA) is 42.3 Å². The van der Waals surface area contributed by atoms with Gasteiger partial charge in [-0.1, -0.05) is 13.0 Å². The zero-order chi connectivity index (χ0) is 17.8. The molecular formula is C18H24F2N4O. The van der Waals surface area contributed by atoms with Crippen molar-refractivity contribution >= 4 is 0 Å². The van der Waals surface area contributed by atoms with Gasteiger partial charge in [-0.3, -0.25) is 9.58 Å². The van der Waals surface area contributed by atoms with E-state index < -0.39 is 11.6 Å². The van der Waals surface area contributed by atoms with Crippen molar-refractivity contribution in [1.82, 2.24) is 20.0 Å². The fourth-order valence-corrected chi connectivity index (χ4v) is 3.34. The van der Waals surface area contributed by atoms with Crippen LogP contribution in [-0.4, -0.2) is 47.0 Å². The Morgan fingerprint density at radius 3 is 2.84 bits per heavy atom. The van der Waals surface area contributed by atoms with Crippen LogP contribution in [0.3, 0.4) is 0 Å². The van der Waals surface area contributed by atoms with E-state index in [2.05, 4.69) is 22.2 Å². The molecule has 1 aliphatic rings. The molecule has 1 fully saturated rings. The zero-order valence-electron chi connectivity index (χ0n) is 14.6. The number of nitrogens with one attached hydrogen (secondary N) is 1. The Morgan fingerprint density at radius 2 is 2.16 bits per heavy atom. The molecule has 2 aromatic rings. The number of ether oxygens (including phenoxy) is 1. The van der Waals surface area contributed by atoms with Crippen LogP contribution in [0.1, 0.15) is 24.1 Å². The van der Waals surface area contributed by atoms with Gasteiger partial charge in [-0.05, 0) is 24.2 Å². The van der Waals surface area contributed by atoms with E-state index in [0.717, 1.165) is 24.7 Å². The van der Waals surface area contributed by atoms with Gasteiger partial charge in [-0.25, -0.2) is 8.78 Å². The van der Waals surface area contributed by atoms with Crippen LogP contribution in [0.15, 0.2) is 30.6 Å². The Kier molecular flexibility index (Phi) is 5.78. The molecule has 0 saturated carbocycles. The first-order valence-corrected chi connectivity index (χ1v) is 8.57. The maximum absolute atomic E-state index is 13.3. The first kappa shape index (κ1) is 18.0. The van der Waals surface area contributed by atoms with Crippen molar-refractivity contribution < 1.29 is 13.5 Å². The quantitative estimate of drug-likeness (QED) is 0.868. The molecule has 2 atom stereocenters. The lowest BCUT2D eigenvalue weighted by Crippen LogP contribution is -2.48. The Morgan fingerprint density at radius 1 is 1.32 bits per heavy atom. The molecule has 0 aliphatic carbocycles. The number of halogens is 2. The Balaban J connectivity index is 1.65. The van der Waals surface area contributed by atoms with E-state index in [-0.39, 0.29) is 12.1 Å². The number of nitrogens with zero attached hydrogens (tertiary/aromatic N) is 3. The fourth-order valence-electron chi connectivity index (χ4n) is 3.34. The number of likely N-dealkylation sites (N-methyl/N-ethyl adjacent to an activating group) is 1. The second-order valence-corrected chi connectivity index (χ2v) is 6.31. The second kappa shape index (κ2) is 8.03. The highest BCUT2D eigenvalue weighted by molar-refractivity contribution is 5.18. The minimum absolute atomic E-state index is 0.0248. The van der Waals surface area contributed by atoms with Gasteiger partial charge >= 0.3 is 0 Å². The standard InChI is InChI=1S/C18H24F2N4O/c1-3-24-6-7-25-17(18(24)14-10-22-23(2)12-14)11-21-9-13-4-5-15(19)16(20)8-13/h4-5,8,10,12,17-18,21H,3,6-7,9,11H2,1-2H3/t17-,18-/m0/s1. The first-order chi connectivity index (χ1) is 12.1. The summed E-state index contributed by atoms with van der Waals surface area (Å²) in [5, 5.41) is 7.58. The lowest BCUT2D eigenvalue weighted by atomic mass is 10.0. The average Bonchev–Trinajstić information content (AvgIpc) is 3.03. The summed E-state index contributed by atoms with van der Waals surface area (Å²) in [5.74, 6) is -1.65. The number of benzene rings is 1. The van der Waals surface area contributed by atoms with Crippen molar-refractivity contribution in [1.29, 1.82) is 0 Å². The van der Waals surface area contributed by atoms with Crippen LogP contribution >= 0.6 is 0 Å². The van der Waals surface area contributed by atoms with Gasteiger partial charge in [-0.2, -0.15) is 5.10 Å². The molecule has 7 heteroatoms. The third-order valence-electron chi connectivity index (χ3n) is 4.59. The van der Waals surface area contributed by atoms with Crippen molar-refractivity contribution in [3.8, 4) is 0 Å². The molecule has 25 heavy (non-hydrogen) atoms. The third-order valence-corrected chi connectivity index (χ3v) is 4.59. The van der Waals surface area contributed by atoms with E-state index in [1.165, 1.54) is 6.07 Å². The Labute approximate surface area is 146 Å². The molecule has 1 aliphatic heterocycles. The number of aromatic nitrogens is 2. The SMILES string of the molecule is CCN1CCO[C@@H](CNCc2ccc(F)c(F)c2)[C@@H]1c1cnn(C)c1. The summed E-state index contributed by atoms with van der Waals surface area (Å²) in [7, 11) is 1.90. The number of rotatable bonds is 6. The summed E-state index contributed by atoms with van der Waals surface area (Å²) < 4.78 is 34.1. The fraction of sp³-hybridized carbons (Fsp3) is 0.500. The summed E-state index contributed by atoms with van der Waals surface area (Å²) >= 11 is 0. The number of hydrogen-bond acceptors (Lipinski definition) is 4. The minimum atomic E-state index is -0.824. The molecule has 136 valence electrons. The molecule has 1 saturated heterocycles. The molecule has 0 spiro atoms. The smallest absolute Gasteiger partial charge is 0.159 e. The van der Waals surface area contributed by atoms with Crippen LogP contribution in [0.5, 0.6) is 0 Å². The van der Waals surface area contributed by atoms with Crippen LogP contribution in [-0.2, 0) is 18.3 Å². The first-order valence-electron chi connectivity index (χ1n) is 8.57. The van der Waals surface area contributed by atoms with Crippen molar-refractivity contribution in [3.63, 3.8) is 0 Å². The predicted molar refractivity (Wildman–Crippen MR) is 91.0 cm³/mol. The van der Waals surface area contributed by atoms with E-state index in [1.807, 2.05) is 19.4 Å². The number of aryl methyl sites for hydroxylation is 1. The normalized spacial score (nSPS) is 21.6. The van der Waals surface area contributed by atoms with E-state index >= 15 is 0 Å². The van der Waals surface area contributed by atoms with Crippen molar-refractivity contribution in [2.45, 2.75) is 25.6 Å². The van der Waals surface area contributed by atoms with Gasteiger partial charge in [0.1, 0.15) is 0 Å². The van der Waals surface area contributed by atoms with Gasteiger partial charge < -0.3 is 10.1 Å². The molecule has 0 radical (unpaired) electrons. The maximum atomic E-state index is 13.3. The molecule has 3 rings (SSSR count). The Bertz CT molecular complexity index is 706. The van der Waals surface area contributed by atoms with Gasteiger partial charge in [0.15, 0.2) is 11.6 Å². The van der Waals surface area contributed by atoms with Crippen molar-refractivity contribution in [2.24, 2.45) is 7.05 Å². The van der Waals surface area contributed by atoms with Gasteiger partial charge in [0.05, 0.1) is 24.9 Å². The summed E-state index contributed by atoms with van der Waals surface area (Å²) in [5.41, 5.74) is 1.84. The van der Waals surface area contributed by atoms with Crippen LogP contribution in [0, 0.1) is 11.6 Å². The second-order valence-electron chi connectivity index (χ2n) is 6.31. The van der Waals surface area contributed by atoms with Crippen LogP contribution < -0.4 is 5.32 Å². The van der Waals surface area contributed by atoms with Gasteiger partial charge in [0, 0.05) is 38.4 Å². The maximum Gasteiger partial charge on any atom is 0.159 e. The minimum Gasteiger partial charge on any atom is -0.374 e. The molecule has 2 heterocycles. The molecule has 5 nitrogen and oxygen atoms in total. The molecule has 1 aromatic carbocycles. The van der Waals surface area contributed by atoms with Crippen LogP contribution in [0.25, 0.3) is 0 Å². The Hall–Kier alpha value is -1.83. The lowest BCUT2D eigenvalue weighted by Gasteiger charge is -2.40. The third kappa shape index (κ3) is 4.23. The average molecular weight is 350 g/mol.